The van der Waals surface area contributed by atoms with Gasteiger partial charge in [0.1, 0.15) is 0 Å². The molecule has 0 unspecified atom stereocenters. The number of nitro groups is 1. The summed E-state index contributed by atoms with van der Waals surface area (Å²) in [6.07, 6.45) is 0. The van der Waals surface area contributed by atoms with Crippen molar-refractivity contribution in [2.45, 2.75) is 0 Å². The third-order valence-corrected chi connectivity index (χ3v) is 5.47. The Morgan fingerprint density at radius 1 is 0.731 bits per heavy atom. The van der Waals surface area contributed by atoms with Gasteiger partial charge in [-0.1, -0.05) is 70.5 Å². The molecular formula is C22H12BrNO2. The van der Waals surface area contributed by atoms with Crippen molar-refractivity contribution in [3.63, 3.8) is 0 Å². The smallest absolute Gasteiger partial charge is 0.258 e. The molecule has 0 bridgehead atoms. The van der Waals surface area contributed by atoms with Gasteiger partial charge in [0.05, 0.1) is 10.5 Å². The summed E-state index contributed by atoms with van der Waals surface area (Å²) < 4.78 is 0.700. The molecule has 0 saturated carbocycles. The molecule has 0 radical (unpaired) electrons. The van der Waals surface area contributed by atoms with E-state index in [4.69, 9.17) is 0 Å². The van der Waals surface area contributed by atoms with Gasteiger partial charge >= 0.3 is 0 Å². The van der Waals surface area contributed by atoms with Crippen LogP contribution in [-0.4, -0.2) is 4.92 Å². The van der Waals surface area contributed by atoms with E-state index in [0.717, 1.165) is 21.7 Å². The second-order valence-corrected chi connectivity index (χ2v) is 7.30. The first-order chi connectivity index (χ1) is 12.6. The summed E-state index contributed by atoms with van der Waals surface area (Å²) >= 11 is 3.34. The zero-order chi connectivity index (χ0) is 17.8. The van der Waals surface area contributed by atoms with E-state index >= 15 is 0 Å². The molecule has 0 aliphatic heterocycles. The van der Waals surface area contributed by atoms with Crippen molar-refractivity contribution < 1.29 is 4.92 Å². The molecule has 0 N–H and O–H groups in total. The molecule has 0 aliphatic rings. The van der Waals surface area contributed by atoms with Gasteiger partial charge in [-0.25, -0.2) is 0 Å². The maximum absolute atomic E-state index is 11.6. The Kier molecular flexibility index (Phi) is 3.24. The summed E-state index contributed by atoms with van der Waals surface area (Å²) in [5.41, 5.74) is 1.63. The van der Waals surface area contributed by atoms with Gasteiger partial charge in [-0.3, -0.25) is 10.1 Å². The number of hydrogen-bond acceptors (Lipinski definition) is 2. The summed E-state index contributed by atoms with van der Waals surface area (Å²) in [5.74, 6) is 0. The summed E-state index contributed by atoms with van der Waals surface area (Å²) in [6.45, 7) is 0. The second kappa shape index (κ2) is 5.51. The molecule has 0 saturated heterocycles. The number of benzene rings is 5. The number of hydrogen-bond donors (Lipinski definition) is 0. The summed E-state index contributed by atoms with van der Waals surface area (Å²) in [4.78, 5) is 11.3. The van der Waals surface area contributed by atoms with Gasteiger partial charge in [0.2, 0.25) is 0 Å². The van der Waals surface area contributed by atoms with E-state index in [0.29, 0.717) is 10.0 Å². The van der Waals surface area contributed by atoms with E-state index in [1.54, 1.807) is 6.07 Å². The van der Waals surface area contributed by atoms with E-state index in [9.17, 15) is 10.1 Å². The molecule has 0 atom stereocenters. The second-order valence-electron chi connectivity index (χ2n) is 6.39. The zero-order valence-electron chi connectivity index (χ0n) is 13.6. The third kappa shape index (κ3) is 2.12. The highest BCUT2D eigenvalue weighted by molar-refractivity contribution is 9.10. The van der Waals surface area contributed by atoms with Crippen LogP contribution in [0.15, 0.2) is 77.3 Å². The van der Waals surface area contributed by atoms with Crippen LogP contribution in [0.25, 0.3) is 43.4 Å². The first-order valence-electron chi connectivity index (χ1n) is 8.24. The standard InChI is InChI=1S/C22H12BrNO2/c23-16-8-11-18(20(12-16)24(25)26)17-9-6-15-5-4-13-2-1-3-14-7-10-19(17)22(15)21(13)14/h1-12H. The van der Waals surface area contributed by atoms with Gasteiger partial charge in [-0.15, -0.1) is 0 Å². The van der Waals surface area contributed by atoms with E-state index in [-0.39, 0.29) is 10.6 Å². The molecule has 5 aromatic carbocycles. The Morgan fingerprint density at radius 3 is 2.08 bits per heavy atom. The fraction of sp³-hybridized carbons (Fsp3) is 0. The lowest BCUT2D eigenvalue weighted by atomic mass is 9.89. The zero-order valence-corrected chi connectivity index (χ0v) is 15.2. The number of halogens is 1. The molecule has 5 rings (SSSR count). The fourth-order valence-corrected chi connectivity index (χ4v) is 4.20. The van der Waals surface area contributed by atoms with Gasteiger partial charge < -0.3 is 0 Å². The van der Waals surface area contributed by atoms with Crippen molar-refractivity contribution >= 4 is 53.9 Å². The van der Waals surface area contributed by atoms with Crippen LogP contribution in [0, 0.1) is 10.1 Å². The number of nitro benzene ring substituents is 1. The quantitative estimate of drug-likeness (QED) is 0.183. The number of rotatable bonds is 2. The van der Waals surface area contributed by atoms with Crippen molar-refractivity contribution in [2.75, 3.05) is 0 Å². The van der Waals surface area contributed by atoms with Crippen LogP contribution in [-0.2, 0) is 0 Å². The maximum Gasteiger partial charge on any atom is 0.278 e. The van der Waals surface area contributed by atoms with E-state index < -0.39 is 0 Å². The van der Waals surface area contributed by atoms with Crippen molar-refractivity contribution in [1.29, 1.82) is 0 Å². The van der Waals surface area contributed by atoms with Crippen molar-refractivity contribution in [2.24, 2.45) is 0 Å². The highest BCUT2D eigenvalue weighted by atomic mass is 79.9. The average molecular weight is 402 g/mol. The Morgan fingerprint density at radius 2 is 1.35 bits per heavy atom. The van der Waals surface area contributed by atoms with E-state index in [1.165, 1.54) is 16.2 Å². The number of nitrogens with zero attached hydrogens (tertiary/aromatic N) is 1. The minimum absolute atomic E-state index is 0.106. The first-order valence-corrected chi connectivity index (χ1v) is 9.03. The molecular weight excluding hydrogens is 390 g/mol. The lowest BCUT2D eigenvalue weighted by Crippen LogP contribution is -1.93. The molecule has 3 nitrogen and oxygen atoms in total. The summed E-state index contributed by atoms with van der Waals surface area (Å²) in [7, 11) is 0. The summed E-state index contributed by atoms with van der Waals surface area (Å²) in [6, 6.07) is 23.9. The first kappa shape index (κ1) is 15.3. The van der Waals surface area contributed by atoms with Crippen molar-refractivity contribution in [3.05, 3.63) is 87.4 Å². The molecule has 0 spiro atoms. The lowest BCUT2D eigenvalue weighted by molar-refractivity contribution is -0.384. The summed E-state index contributed by atoms with van der Waals surface area (Å²) in [5, 5.41) is 18.5. The van der Waals surface area contributed by atoms with Crippen LogP contribution in [0.3, 0.4) is 0 Å². The highest BCUT2D eigenvalue weighted by Gasteiger charge is 2.19. The van der Waals surface area contributed by atoms with Gasteiger partial charge in [-0.05, 0) is 50.0 Å². The maximum atomic E-state index is 11.6. The molecule has 5 aromatic rings. The third-order valence-electron chi connectivity index (χ3n) is 4.98. The van der Waals surface area contributed by atoms with Gasteiger partial charge in [0.25, 0.3) is 5.69 Å². The molecule has 26 heavy (non-hydrogen) atoms. The Bertz CT molecular complexity index is 1310. The van der Waals surface area contributed by atoms with Crippen molar-refractivity contribution in [3.8, 4) is 11.1 Å². The topological polar surface area (TPSA) is 43.1 Å². The molecule has 0 aliphatic carbocycles. The Balaban J connectivity index is 1.95. The van der Waals surface area contributed by atoms with Crippen LogP contribution in [0.5, 0.6) is 0 Å². The highest BCUT2D eigenvalue weighted by Crippen LogP contribution is 2.41. The van der Waals surface area contributed by atoms with Gasteiger partial charge in [-0.2, -0.15) is 0 Å². The minimum atomic E-state index is -0.321. The average Bonchev–Trinajstić information content (AvgIpc) is 2.66. The monoisotopic (exact) mass is 401 g/mol. The fourth-order valence-electron chi connectivity index (χ4n) is 3.85. The molecule has 124 valence electrons. The SMILES string of the molecule is O=[N+]([O-])c1cc(Br)ccc1-c1ccc2ccc3cccc4ccc1c2c34. The predicted molar refractivity (Wildman–Crippen MR) is 110 cm³/mol. The molecule has 0 amide bonds. The van der Waals surface area contributed by atoms with Gasteiger partial charge in [0.15, 0.2) is 0 Å². The molecule has 0 fully saturated rings. The van der Waals surface area contributed by atoms with Gasteiger partial charge in [0, 0.05) is 10.5 Å². The molecule has 0 aromatic heterocycles. The van der Waals surface area contributed by atoms with Crippen LogP contribution in [0.2, 0.25) is 0 Å². The predicted octanol–water partition coefficient (Wildman–Crippen LogP) is 6.92. The minimum Gasteiger partial charge on any atom is -0.258 e. The molecule has 4 heteroatoms. The Hall–Kier alpha value is -2.98. The van der Waals surface area contributed by atoms with E-state index in [1.807, 2.05) is 18.2 Å². The van der Waals surface area contributed by atoms with Crippen LogP contribution >= 0.6 is 15.9 Å². The Labute approximate surface area is 157 Å². The van der Waals surface area contributed by atoms with E-state index in [2.05, 4.69) is 64.5 Å². The molecule has 0 heterocycles. The van der Waals surface area contributed by atoms with Crippen molar-refractivity contribution in [1.82, 2.24) is 0 Å². The normalized spacial score (nSPS) is 11.6. The van der Waals surface area contributed by atoms with Crippen LogP contribution in [0.1, 0.15) is 0 Å². The largest absolute Gasteiger partial charge is 0.278 e. The van der Waals surface area contributed by atoms with Crippen LogP contribution < -0.4 is 0 Å². The van der Waals surface area contributed by atoms with Crippen LogP contribution in [0.4, 0.5) is 5.69 Å². The lowest BCUT2D eigenvalue weighted by Gasteiger charge is -2.14.